The fraction of sp³-hybridized carbons (Fsp3) is 0.130. The van der Waals surface area contributed by atoms with Gasteiger partial charge in [-0.3, -0.25) is 19.7 Å². The molecular weight excluding hydrogens is 400 g/mol. The van der Waals surface area contributed by atoms with E-state index in [0.29, 0.717) is 22.3 Å². The minimum Gasteiger partial charge on any atom is -0.467 e. The summed E-state index contributed by atoms with van der Waals surface area (Å²) in [4.78, 5) is 39.0. The summed E-state index contributed by atoms with van der Waals surface area (Å²) in [5.74, 6) is -0.00340. The van der Waals surface area contributed by atoms with E-state index in [1.807, 2.05) is 6.92 Å². The molecule has 3 heterocycles. The van der Waals surface area contributed by atoms with Crippen LogP contribution in [0.3, 0.4) is 0 Å². The van der Waals surface area contributed by atoms with Crippen LogP contribution in [0.25, 0.3) is 11.0 Å². The van der Waals surface area contributed by atoms with E-state index in [4.69, 9.17) is 8.83 Å². The minimum atomic E-state index is -0.839. The van der Waals surface area contributed by atoms with Crippen molar-refractivity contribution in [1.82, 2.24) is 4.90 Å². The molecule has 4 aromatic rings. The molecule has 1 aliphatic heterocycles. The highest BCUT2D eigenvalue weighted by atomic mass is 16.6. The Morgan fingerprint density at radius 2 is 1.94 bits per heavy atom. The van der Waals surface area contributed by atoms with Gasteiger partial charge in [-0.05, 0) is 36.8 Å². The lowest BCUT2D eigenvalue weighted by atomic mass is 9.97. The zero-order valence-electron chi connectivity index (χ0n) is 16.4. The summed E-state index contributed by atoms with van der Waals surface area (Å²) >= 11 is 0. The lowest BCUT2D eigenvalue weighted by Crippen LogP contribution is -2.29. The van der Waals surface area contributed by atoms with E-state index in [2.05, 4.69) is 0 Å². The molecule has 8 nitrogen and oxygen atoms in total. The predicted octanol–water partition coefficient (Wildman–Crippen LogP) is 4.35. The van der Waals surface area contributed by atoms with Crippen molar-refractivity contribution in [3.8, 4) is 0 Å². The smallest absolute Gasteiger partial charge is 0.291 e. The molecule has 0 fully saturated rings. The number of nitro benzene ring substituents is 1. The SMILES string of the molecule is Cc1ccc2oc3c(c(=O)c2c1)C(c1cccc([N+](=O)[O-])c1)N(Cc1ccco1)C3=O. The van der Waals surface area contributed by atoms with Gasteiger partial charge in [0.2, 0.25) is 5.76 Å². The molecule has 8 heteroatoms. The Labute approximate surface area is 175 Å². The molecule has 1 aliphatic rings. The van der Waals surface area contributed by atoms with Crippen molar-refractivity contribution >= 4 is 22.6 Å². The van der Waals surface area contributed by atoms with Crippen LogP contribution in [0.1, 0.15) is 39.0 Å². The topological polar surface area (TPSA) is 107 Å². The number of non-ortho nitro benzene ring substituents is 1. The first-order valence-corrected chi connectivity index (χ1v) is 9.59. The summed E-state index contributed by atoms with van der Waals surface area (Å²) in [6.07, 6.45) is 1.49. The second-order valence-corrected chi connectivity index (χ2v) is 7.44. The van der Waals surface area contributed by atoms with E-state index in [1.165, 1.54) is 29.4 Å². The molecular formula is C23H16N2O6. The normalized spacial score (nSPS) is 15.5. The average molecular weight is 416 g/mol. The monoisotopic (exact) mass is 416 g/mol. The van der Waals surface area contributed by atoms with Crippen LogP contribution >= 0.6 is 0 Å². The molecule has 0 bridgehead atoms. The maximum absolute atomic E-state index is 13.5. The predicted molar refractivity (Wildman–Crippen MR) is 111 cm³/mol. The summed E-state index contributed by atoms with van der Waals surface area (Å²) < 4.78 is 11.3. The largest absolute Gasteiger partial charge is 0.467 e. The highest BCUT2D eigenvalue weighted by Gasteiger charge is 2.43. The molecule has 2 aromatic carbocycles. The van der Waals surface area contributed by atoms with Crippen LogP contribution in [-0.4, -0.2) is 15.7 Å². The average Bonchev–Trinajstić information content (AvgIpc) is 3.36. The summed E-state index contributed by atoms with van der Waals surface area (Å²) in [7, 11) is 0. The number of carbonyl (C=O) groups excluding carboxylic acids is 1. The Hall–Kier alpha value is -4.20. The summed E-state index contributed by atoms with van der Waals surface area (Å²) in [6, 6.07) is 13.7. The molecule has 0 spiro atoms. The van der Waals surface area contributed by atoms with Gasteiger partial charge in [0.05, 0.1) is 34.7 Å². The molecule has 1 amide bonds. The van der Waals surface area contributed by atoms with Crippen LogP contribution in [-0.2, 0) is 6.54 Å². The van der Waals surface area contributed by atoms with E-state index >= 15 is 0 Å². The van der Waals surface area contributed by atoms with E-state index in [0.717, 1.165) is 5.56 Å². The first kappa shape index (κ1) is 18.8. The van der Waals surface area contributed by atoms with Crippen molar-refractivity contribution in [2.75, 3.05) is 0 Å². The van der Waals surface area contributed by atoms with Crippen LogP contribution < -0.4 is 5.43 Å². The standard InChI is InChI=1S/C23H16N2O6/c1-13-7-8-18-17(10-13)21(26)19-20(14-4-2-5-15(11-14)25(28)29)24(23(27)22(19)31-18)12-16-6-3-9-30-16/h2-11,20H,12H2,1H3. The number of benzene rings is 2. The van der Waals surface area contributed by atoms with Crippen LogP contribution in [0, 0.1) is 17.0 Å². The maximum atomic E-state index is 13.5. The van der Waals surface area contributed by atoms with Crippen molar-refractivity contribution < 1.29 is 18.6 Å². The quantitative estimate of drug-likeness (QED) is 0.362. The van der Waals surface area contributed by atoms with Crippen molar-refractivity contribution in [1.29, 1.82) is 0 Å². The number of amides is 1. The number of nitrogens with zero attached hydrogens (tertiary/aromatic N) is 2. The molecule has 1 unspecified atom stereocenters. The van der Waals surface area contributed by atoms with Crippen molar-refractivity contribution in [3.05, 3.63) is 109 Å². The molecule has 0 saturated carbocycles. The molecule has 0 aliphatic carbocycles. The van der Waals surface area contributed by atoms with Gasteiger partial charge in [0.1, 0.15) is 11.3 Å². The number of rotatable bonds is 4. The third kappa shape index (κ3) is 3.00. The van der Waals surface area contributed by atoms with Crippen LogP contribution in [0.4, 0.5) is 5.69 Å². The Morgan fingerprint density at radius 3 is 2.68 bits per heavy atom. The van der Waals surface area contributed by atoms with Gasteiger partial charge in [0.25, 0.3) is 11.6 Å². The van der Waals surface area contributed by atoms with E-state index < -0.39 is 16.9 Å². The third-order valence-corrected chi connectivity index (χ3v) is 5.42. The summed E-state index contributed by atoms with van der Waals surface area (Å²) in [5.41, 5.74) is 1.37. The molecule has 0 saturated heterocycles. The molecule has 154 valence electrons. The van der Waals surface area contributed by atoms with Gasteiger partial charge in [0, 0.05) is 12.1 Å². The first-order chi connectivity index (χ1) is 14.9. The van der Waals surface area contributed by atoms with Gasteiger partial charge in [-0.1, -0.05) is 23.8 Å². The van der Waals surface area contributed by atoms with Gasteiger partial charge in [-0.25, -0.2) is 0 Å². The van der Waals surface area contributed by atoms with Crippen LogP contribution in [0.2, 0.25) is 0 Å². The maximum Gasteiger partial charge on any atom is 0.291 e. The Kier molecular flexibility index (Phi) is 4.21. The molecule has 0 radical (unpaired) electrons. The number of aryl methyl sites for hydroxylation is 1. The van der Waals surface area contributed by atoms with Gasteiger partial charge in [-0.2, -0.15) is 0 Å². The second-order valence-electron chi connectivity index (χ2n) is 7.44. The van der Waals surface area contributed by atoms with Crippen molar-refractivity contribution in [3.63, 3.8) is 0 Å². The van der Waals surface area contributed by atoms with E-state index in [1.54, 1.807) is 36.4 Å². The van der Waals surface area contributed by atoms with Crippen LogP contribution in [0.15, 0.2) is 74.5 Å². The van der Waals surface area contributed by atoms with Crippen molar-refractivity contribution in [2.45, 2.75) is 19.5 Å². The van der Waals surface area contributed by atoms with Crippen LogP contribution in [0.5, 0.6) is 0 Å². The Bertz CT molecular complexity index is 1400. The van der Waals surface area contributed by atoms with E-state index in [-0.39, 0.29) is 29.0 Å². The zero-order chi connectivity index (χ0) is 21.7. The molecule has 1 atom stereocenters. The number of nitro groups is 1. The fourth-order valence-corrected chi connectivity index (χ4v) is 4.02. The highest BCUT2D eigenvalue weighted by molar-refractivity contribution is 5.99. The van der Waals surface area contributed by atoms with Gasteiger partial charge in [-0.15, -0.1) is 0 Å². The van der Waals surface area contributed by atoms with Gasteiger partial charge in [0.15, 0.2) is 5.43 Å². The molecule has 2 aromatic heterocycles. The molecule has 0 N–H and O–H groups in total. The minimum absolute atomic E-state index is 0.0515. The summed E-state index contributed by atoms with van der Waals surface area (Å²) in [5, 5.41) is 11.7. The fourth-order valence-electron chi connectivity index (χ4n) is 4.02. The number of furan rings is 1. The zero-order valence-corrected chi connectivity index (χ0v) is 16.4. The first-order valence-electron chi connectivity index (χ1n) is 9.59. The molecule has 5 rings (SSSR count). The second kappa shape index (κ2) is 6.94. The summed E-state index contributed by atoms with van der Waals surface area (Å²) in [6.45, 7) is 1.94. The third-order valence-electron chi connectivity index (χ3n) is 5.42. The number of hydrogen-bond acceptors (Lipinski definition) is 6. The number of carbonyl (C=O) groups is 1. The van der Waals surface area contributed by atoms with Gasteiger partial charge >= 0.3 is 0 Å². The lowest BCUT2D eigenvalue weighted by Gasteiger charge is -2.24. The number of hydrogen-bond donors (Lipinski definition) is 0. The van der Waals surface area contributed by atoms with E-state index in [9.17, 15) is 19.7 Å². The van der Waals surface area contributed by atoms with Gasteiger partial charge < -0.3 is 13.7 Å². The Morgan fingerprint density at radius 1 is 1.10 bits per heavy atom. The lowest BCUT2D eigenvalue weighted by molar-refractivity contribution is -0.384. The van der Waals surface area contributed by atoms with Crippen molar-refractivity contribution in [2.24, 2.45) is 0 Å². The highest BCUT2D eigenvalue weighted by Crippen LogP contribution is 2.40. The molecule has 31 heavy (non-hydrogen) atoms. The number of fused-ring (bicyclic) bond motifs is 2. The Balaban J connectivity index is 1.76.